The van der Waals surface area contributed by atoms with Gasteiger partial charge in [-0.05, 0) is 42.4 Å². The summed E-state index contributed by atoms with van der Waals surface area (Å²) in [5.41, 5.74) is 3.00. The van der Waals surface area contributed by atoms with E-state index in [4.69, 9.17) is 4.74 Å². The summed E-state index contributed by atoms with van der Waals surface area (Å²) in [5.74, 6) is 0.619. The highest BCUT2D eigenvalue weighted by molar-refractivity contribution is 5.99. The average molecular weight is 427 g/mol. The maximum atomic E-state index is 13.5. The van der Waals surface area contributed by atoms with Gasteiger partial charge in [-0.1, -0.05) is 19.9 Å². The molecule has 4 aliphatic rings. The van der Waals surface area contributed by atoms with E-state index in [2.05, 4.69) is 29.0 Å². The molecule has 2 atom stereocenters. The number of ether oxygens (including phenoxy) is 1. The van der Waals surface area contributed by atoms with Gasteiger partial charge < -0.3 is 15.0 Å². The molecule has 1 saturated carbocycles. The van der Waals surface area contributed by atoms with Crippen LogP contribution in [0.15, 0.2) is 18.2 Å². The van der Waals surface area contributed by atoms with Crippen LogP contribution in [0.3, 0.4) is 0 Å². The number of fused-ring (bicyclic) bond motifs is 1. The lowest BCUT2D eigenvalue weighted by Crippen LogP contribution is -2.59. The number of likely N-dealkylation sites (tertiary alicyclic amines) is 1. The lowest BCUT2D eigenvalue weighted by molar-refractivity contribution is -0.0966. The summed E-state index contributed by atoms with van der Waals surface area (Å²) in [6.45, 7) is 14.3. The molecule has 3 aliphatic heterocycles. The number of nitrogens with zero attached hydrogens (tertiary/aromatic N) is 3. The van der Waals surface area contributed by atoms with Crippen LogP contribution in [-0.2, 0) is 4.74 Å². The molecule has 168 valence electrons. The van der Waals surface area contributed by atoms with Crippen molar-refractivity contribution in [3.05, 3.63) is 29.3 Å². The maximum Gasteiger partial charge on any atom is 0.322 e. The molecule has 7 nitrogen and oxygen atoms in total. The monoisotopic (exact) mass is 426 g/mol. The van der Waals surface area contributed by atoms with E-state index in [1.165, 1.54) is 6.42 Å². The predicted octanol–water partition coefficient (Wildman–Crippen LogP) is 2.35. The van der Waals surface area contributed by atoms with Crippen LogP contribution in [0.2, 0.25) is 0 Å². The molecule has 0 unspecified atom stereocenters. The van der Waals surface area contributed by atoms with Crippen LogP contribution >= 0.6 is 0 Å². The summed E-state index contributed by atoms with van der Waals surface area (Å²) in [5, 5.41) is 2.85. The molecule has 0 radical (unpaired) electrons. The first-order valence-electron chi connectivity index (χ1n) is 11.5. The van der Waals surface area contributed by atoms with E-state index in [0.717, 1.165) is 57.2 Å². The van der Waals surface area contributed by atoms with Gasteiger partial charge >= 0.3 is 6.03 Å². The van der Waals surface area contributed by atoms with E-state index in [0.29, 0.717) is 24.6 Å². The van der Waals surface area contributed by atoms with Crippen LogP contribution in [0.5, 0.6) is 0 Å². The minimum Gasteiger partial charge on any atom is -0.379 e. The number of carbonyl (C=O) groups is 2. The number of hydrogen-bond donors (Lipinski definition) is 1. The summed E-state index contributed by atoms with van der Waals surface area (Å²) < 4.78 is 5.53. The molecule has 3 heterocycles. The number of anilines is 1. The summed E-state index contributed by atoms with van der Waals surface area (Å²) in [7, 11) is 0. The van der Waals surface area contributed by atoms with Crippen LogP contribution < -0.4 is 10.2 Å². The van der Waals surface area contributed by atoms with E-state index >= 15 is 0 Å². The number of carbonyl (C=O) groups excluding carboxylic acids is 2. The molecule has 0 bridgehead atoms. The van der Waals surface area contributed by atoms with Crippen molar-refractivity contribution in [1.29, 1.82) is 0 Å². The molecule has 3 amide bonds. The standard InChI is InChI=1S/C24H34N4O3/c1-17-4-5-18(12-19(17)28-7-6-25-22(28)30)21(29)27-13-20-23(2,3)14-24(20,16-27)15-26-8-10-31-11-9-26/h4-5,12,20H,6-11,13-16H2,1-3H3,(H,25,30)/t20-,24+/m1/s1. The first-order valence-corrected chi connectivity index (χ1v) is 11.5. The van der Waals surface area contributed by atoms with Crippen molar-refractivity contribution < 1.29 is 14.3 Å². The third-order valence-corrected chi connectivity index (χ3v) is 7.93. The van der Waals surface area contributed by atoms with Crippen molar-refractivity contribution in [2.45, 2.75) is 27.2 Å². The molecule has 1 aromatic carbocycles. The molecule has 0 aromatic heterocycles. The topological polar surface area (TPSA) is 65.1 Å². The Labute approximate surface area is 184 Å². The van der Waals surface area contributed by atoms with Crippen molar-refractivity contribution in [2.75, 3.05) is 63.9 Å². The van der Waals surface area contributed by atoms with Crippen LogP contribution in [-0.4, -0.2) is 80.8 Å². The van der Waals surface area contributed by atoms with Gasteiger partial charge in [-0.2, -0.15) is 0 Å². The SMILES string of the molecule is Cc1ccc(C(=O)N2C[C@@H]3C(C)(C)C[C@]3(CN3CCOCC3)C2)cc1N1CCNC1=O. The van der Waals surface area contributed by atoms with Crippen LogP contribution in [0.4, 0.5) is 10.5 Å². The molecule has 7 heteroatoms. The molecule has 4 fully saturated rings. The Balaban J connectivity index is 1.36. The summed E-state index contributed by atoms with van der Waals surface area (Å²) >= 11 is 0. The van der Waals surface area contributed by atoms with Gasteiger partial charge in [0.2, 0.25) is 0 Å². The fraction of sp³-hybridized carbons (Fsp3) is 0.667. The van der Waals surface area contributed by atoms with E-state index in [-0.39, 0.29) is 22.8 Å². The number of rotatable bonds is 4. The summed E-state index contributed by atoms with van der Waals surface area (Å²) in [4.78, 5) is 32.0. The first kappa shape index (κ1) is 20.8. The molecular weight excluding hydrogens is 392 g/mol. The zero-order chi connectivity index (χ0) is 21.8. The lowest BCUT2D eigenvalue weighted by Gasteiger charge is -2.58. The molecule has 31 heavy (non-hydrogen) atoms. The van der Waals surface area contributed by atoms with Crippen LogP contribution in [0.1, 0.15) is 36.2 Å². The van der Waals surface area contributed by atoms with E-state index < -0.39 is 0 Å². The van der Waals surface area contributed by atoms with Gasteiger partial charge in [0.05, 0.1) is 13.2 Å². The Morgan fingerprint density at radius 2 is 2.00 bits per heavy atom. The fourth-order valence-electron chi connectivity index (χ4n) is 6.62. The highest BCUT2D eigenvalue weighted by atomic mass is 16.5. The summed E-state index contributed by atoms with van der Waals surface area (Å²) in [6, 6.07) is 5.70. The molecule has 0 spiro atoms. The highest BCUT2D eigenvalue weighted by Crippen LogP contribution is 2.63. The van der Waals surface area contributed by atoms with Crippen LogP contribution in [0.25, 0.3) is 0 Å². The summed E-state index contributed by atoms with van der Waals surface area (Å²) in [6.07, 6.45) is 1.17. The largest absolute Gasteiger partial charge is 0.379 e. The molecule has 1 aromatic rings. The van der Waals surface area contributed by atoms with Gasteiger partial charge in [0.1, 0.15) is 0 Å². The first-order chi connectivity index (χ1) is 14.8. The number of amides is 3. The smallest absolute Gasteiger partial charge is 0.322 e. The van der Waals surface area contributed by atoms with Crippen molar-refractivity contribution in [1.82, 2.24) is 15.1 Å². The van der Waals surface area contributed by atoms with Crippen molar-refractivity contribution in [3.8, 4) is 0 Å². The second-order valence-corrected chi connectivity index (χ2v) is 10.5. The zero-order valence-electron chi connectivity index (χ0n) is 18.9. The van der Waals surface area contributed by atoms with E-state index in [9.17, 15) is 9.59 Å². The quantitative estimate of drug-likeness (QED) is 0.803. The number of benzene rings is 1. The number of nitrogens with one attached hydrogen (secondary N) is 1. The third kappa shape index (κ3) is 3.52. The van der Waals surface area contributed by atoms with Crippen molar-refractivity contribution in [3.63, 3.8) is 0 Å². The van der Waals surface area contributed by atoms with Gasteiger partial charge in [-0.25, -0.2) is 4.79 Å². The Morgan fingerprint density at radius 1 is 1.23 bits per heavy atom. The zero-order valence-corrected chi connectivity index (χ0v) is 18.9. The number of hydrogen-bond acceptors (Lipinski definition) is 4. The molecule has 1 N–H and O–H groups in total. The second kappa shape index (κ2) is 7.48. The predicted molar refractivity (Wildman–Crippen MR) is 119 cm³/mol. The molecule has 1 aliphatic carbocycles. The molecule has 3 saturated heterocycles. The third-order valence-electron chi connectivity index (χ3n) is 7.93. The number of morpholine rings is 1. The van der Waals surface area contributed by atoms with Gasteiger partial charge in [0.25, 0.3) is 5.91 Å². The van der Waals surface area contributed by atoms with Gasteiger partial charge in [-0.3, -0.25) is 14.6 Å². The molecular formula is C24H34N4O3. The lowest BCUT2D eigenvalue weighted by atomic mass is 9.48. The molecule has 5 rings (SSSR count). The Kier molecular flexibility index (Phi) is 5.01. The van der Waals surface area contributed by atoms with Gasteiger partial charge in [0.15, 0.2) is 0 Å². The van der Waals surface area contributed by atoms with Crippen molar-refractivity contribution in [2.24, 2.45) is 16.7 Å². The number of urea groups is 1. The second-order valence-electron chi connectivity index (χ2n) is 10.5. The minimum absolute atomic E-state index is 0.0851. The fourth-order valence-corrected chi connectivity index (χ4v) is 6.62. The Morgan fingerprint density at radius 3 is 2.68 bits per heavy atom. The Hall–Kier alpha value is -2.12. The van der Waals surface area contributed by atoms with Gasteiger partial charge in [-0.15, -0.1) is 0 Å². The average Bonchev–Trinajstić information content (AvgIpc) is 3.30. The van der Waals surface area contributed by atoms with Crippen LogP contribution in [0, 0.1) is 23.7 Å². The maximum absolute atomic E-state index is 13.5. The number of aryl methyl sites for hydroxylation is 1. The Bertz CT molecular complexity index is 895. The minimum atomic E-state index is -0.0851. The van der Waals surface area contributed by atoms with E-state index in [1.54, 1.807) is 4.90 Å². The highest BCUT2D eigenvalue weighted by Gasteiger charge is 2.63. The normalized spacial score (nSPS) is 30.2. The van der Waals surface area contributed by atoms with Gasteiger partial charge in [0, 0.05) is 62.5 Å². The van der Waals surface area contributed by atoms with Crippen molar-refractivity contribution >= 4 is 17.6 Å². The van der Waals surface area contributed by atoms with E-state index in [1.807, 2.05) is 25.1 Å².